The van der Waals surface area contributed by atoms with E-state index < -0.39 is 10.0 Å². The van der Waals surface area contributed by atoms with Crippen molar-refractivity contribution in [3.8, 4) is 0 Å². The molecule has 1 aliphatic rings. The van der Waals surface area contributed by atoms with Gasteiger partial charge in [0.25, 0.3) is 0 Å². The normalized spacial score (nSPS) is 15.7. The van der Waals surface area contributed by atoms with E-state index in [1.165, 1.54) is 23.4 Å². The molecule has 0 bridgehead atoms. The molecule has 1 saturated heterocycles. The first kappa shape index (κ1) is 15.9. The Bertz CT molecular complexity index is 635. The van der Waals surface area contributed by atoms with E-state index in [0.29, 0.717) is 18.8 Å². The Balaban J connectivity index is 2.08. The van der Waals surface area contributed by atoms with E-state index >= 15 is 0 Å². The van der Waals surface area contributed by atoms with Crippen molar-refractivity contribution in [2.24, 2.45) is 0 Å². The second kappa shape index (κ2) is 6.50. The highest BCUT2D eigenvalue weighted by molar-refractivity contribution is 7.89. The van der Waals surface area contributed by atoms with E-state index in [1.54, 1.807) is 12.1 Å². The van der Waals surface area contributed by atoms with E-state index in [9.17, 15) is 13.2 Å². The highest BCUT2D eigenvalue weighted by Crippen LogP contribution is 2.22. The van der Waals surface area contributed by atoms with Crippen LogP contribution in [0.2, 0.25) is 0 Å². The second-order valence-electron chi connectivity index (χ2n) is 4.77. The number of hydrogen-bond donors (Lipinski definition) is 2. The lowest BCUT2D eigenvalue weighted by Crippen LogP contribution is -2.32. The Labute approximate surface area is 129 Å². The standard InChI is InChI=1S/C13H17N3O3S2/c1-10(17)14-13(20)15-11-4-6-12(7-5-11)21(18,19)16-8-2-3-9-16/h4-7H,2-3,8-9H2,1H3,(H2,14,15,17,20). The summed E-state index contributed by atoms with van der Waals surface area (Å²) in [6, 6.07) is 6.31. The summed E-state index contributed by atoms with van der Waals surface area (Å²) in [6.45, 7) is 2.52. The van der Waals surface area contributed by atoms with Gasteiger partial charge in [0, 0.05) is 25.7 Å². The van der Waals surface area contributed by atoms with Crippen LogP contribution in [0, 0.1) is 0 Å². The molecule has 0 radical (unpaired) electrons. The van der Waals surface area contributed by atoms with Crippen LogP contribution < -0.4 is 10.6 Å². The van der Waals surface area contributed by atoms with Gasteiger partial charge in [-0.05, 0) is 49.3 Å². The predicted octanol–water partition coefficient (Wildman–Crippen LogP) is 1.30. The highest BCUT2D eigenvalue weighted by Gasteiger charge is 2.26. The number of anilines is 1. The lowest BCUT2D eigenvalue weighted by Gasteiger charge is -2.16. The Kier molecular flexibility index (Phi) is 4.92. The molecule has 1 amide bonds. The third kappa shape index (κ3) is 3.99. The van der Waals surface area contributed by atoms with Gasteiger partial charge in [0.05, 0.1) is 4.90 Å². The maximum atomic E-state index is 12.3. The van der Waals surface area contributed by atoms with E-state index in [4.69, 9.17) is 12.2 Å². The number of benzene rings is 1. The number of carbonyl (C=O) groups is 1. The summed E-state index contributed by atoms with van der Waals surface area (Å²) in [7, 11) is -3.40. The molecule has 6 nitrogen and oxygen atoms in total. The van der Waals surface area contributed by atoms with Crippen molar-refractivity contribution >= 4 is 38.9 Å². The van der Waals surface area contributed by atoms with Crippen LogP contribution >= 0.6 is 12.2 Å². The number of sulfonamides is 1. The minimum Gasteiger partial charge on any atom is -0.332 e. The highest BCUT2D eigenvalue weighted by atomic mass is 32.2. The Morgan fingerprint density at radius 3 is 2.29 bits per heavy atom. The summed E-state index contributed by atoms with van der Waals surface area (Å²) in [5.74, 6) is -0.263. The van der Waals surface area contributed by atoms with Gasteiger partial charge in [-0.1, -0.05) is 0 Å². The largest absolute Gasteiger partial charge is 0.332 e. The third-order valence-corrected chi connectivity index (χ3v) is 5.22. The van der Waals surface area contributed by atoms with Crippen LogP contribution in [-0.2, 0) is 14.8 Å². The van der Waals surface area contributed by atoms with Crippen molar-refractivity contribution in [3.05, 3.63) is 24.3 Å². The quantitative estimate of drug-likeness (QED) is 0.818. The zero-order valence-electron chi connectivity index (χ0n) is 11.6. The Morgan fingerprint density at radius 1 is 1.19 bits per heavy atom. The molecule has 0 aromatic heterocycles. The Hall–Kier alpha value is -1.51. The Morgan fingerprint density at radius 2 is 1.76 bits per heavy atom. The predicted molar refractivity (Wildman–Crippen MR) is 84.5 cm³/mol. The molecule has 0 spiro atoms. The summed E-state index contributed by atoms with van der Waals surface area (Å²) in [5, 5.41) is 5.43. The average molecular weight is 327 g/mol. The maximum absolute atomic E-state index is 12.3. The van der Waals surface area contributed by atoms with Crippen molar-refractivity contribution in [2.45, 2.75) is 24.7 Å². The molecule has 1 heterocycles. The van der Waals surface area contributed by atoms with E-state index in [0.717, 1.165) is 12.8 Å². The third-order valence-electron chi connectivity index (χ3n) is 3.10. The van der Waals surface area contributed by atoms with E-state index in [-0.39, 0.29) is 15.9 Å². The molecule has 1 aromatic carbocycles. The molecule has 0 unspecified atom stereocenters. The van der Waals surface area contributed by atoms with Gasteiger partial charge < -0.3 is 10.6 Å². The number of hydrogen-bond acceptors (Lipinski definition) is 4. The maximum Gasteiger partial charge on any atom is 0.243 e. The van der Waals surface area contributed by atoms with Crippen LogP contribution in [0.4, 0.5) is 5.69 Å². The van der Waals surface area contributed by atoms with Crippen LogP contribution in [0.15, 0.2) is 29.2 Å². The van der Waals surface area contributed by atoms with Gasteiger partial charge in [-0.2, -0.15) is 4.31 Å². The molecule has 1 aliphatic heterocycles. The summed E-state index contributed by atoms with van der Waals surface area (Å²) < 4.78 is 26.2. The lowest BCUT2D eigenvalue weighted by molar-refractivity contribution is -0.117. The summed E-state index contributed by atoms with van der Waals surface area (Å²) in [5.41, 5.74) is 0.620. The van der Waals surface area contributed by atoms with Crippen molar-refractivity contribution < 1.29 is 13.2 Å². The van der Waals surface area contributed by atoms with Gasteiger partial charge in [-0.25, -0.2) is 8.42 Å². The first-order valence-corrected chi connectivity index (χ1v) is 8.43. The first-order valence-electron chi connectivity index (χ1n) is 6.58. The van der Waals surface area contributed by atoms with Gasteiger partial charge in [-0.3, -0.25) is 4.79 Å². The minimum atomic E-state index is -3.40. The number of carbonyl (C=O) groups excluding carboxylic acids is 1. The van der Waals surface area contributed by atoms with Gasteiger partial charge in [0.2, 0.25) is 15.9 Å². The second-order valence-corrected chi connectivity index (χ2v) is 7.12. The number of amides is 1. The SMILES string of the molecule is CC(=O)NC(=S)Nc1ccc(S(=O)(=O)N2CCCC2)cc1. The molecule has 2 rings (SSSR count). The number of thiocarbonyl (C=S) groups is 1. The number of rotatable bonds is 3. The molecule has 114 valence electrons. The van der Waals surface area contributed by atoms with Crippen LogP contribution in [-0.4, -0.2) is 36.8 Å². The van der Waals surface area contributed by atoms with E-state index in [1.807, 2.05) is 0 Å². The first-order chi connectivity index (χ1) is 9.89. The van der Waals surface area contributed by atoms with Crippen molar-refractivity contribution in [1.29, 1.82) is 0 Å². The van der Waals surface area contributed by atoms with Crippen LogP contribution in [0.1, 0.15) is 19.8 Å². The lowest BCUT2D eigenvalue weighted by atomic mass is 10.3. The molecule has 21 heavy (non-hydrogen) atoms. The van der Waals surface area contributed by atoms with Crippen LogP contribution in [0.5, 0.6) is 0 Å². The molecule has 2 N–H and O–H groups in total. The summed E-state index contributed by atoms with van der Waals surface area (Å²) in [6.07, 6.45) is 1.81. The van der Waals surface area contributed by atoms with Gasteiger partial charge in [0.1, 0.15) is 0 Å². The molecular weight excluding hydrogens is 310 g/mol. The molecule has 1 fully saturated rings. The minimum absolute atomic E-state index is 0.178. The molecule has 8 heteroatoms. The van der Waals surface area contributed by atoms with Crippen molar-refractivity contribution in [1.82, 2.24) is 9.62 Å². The zero-order valence-corrected chi connectivity index (χ0v) is 13.3. The van der Waals surface area contributed by atoms with E-state index in [2.05, 4.69) is 10.6 Å². The fraction of sp³-hybridized carbons (Fsp3) is 0.385. The molecule has 0 saturated carbocycles. The number of nitrogens with one attached hydrogen (secondary N) is 2. The van der Waals surface area contributed by atoms with Gasteiger partial charge in [0.15, 0.2) is 5.11 Å². The number of nitrogens with zero attached hydrogens (tertiary/aromatic N) is 1. The molecule has 0 atom stereocenters. The molecular formula is C13H17N3O3S2. The average Bonchev–Trinajstić information content (AvgIpc) is 2.92. The van der Waals surface area contributed by atoms with Gasteiger partial charge in [-0.15, -0.1) is 0 Å². The molecule has 1 aromatic rings. The van der Waals surface area contributed by atoms with Gasteiger partial charge >= 0.3 is 0 Å². The topological polar surface area (TPSA) is 78.5 Å². The van der Waals surface area contributed by atoms with Crippen molar-refractivity contribution in [3.63, 3.8) is 0 Å². The monoisotopic (exact) mass is 327 g/mol. The van der Waals surface area contributed by atoms with Crippen LogP contribution in [0.3, 0.4) is 0 Å². The van der Waals surface area contributed by atoms with Crippen molar-refractivity contribution in [2.75, 3.05) is 18.4 Å². The summed E-state index contributed by atoms with van der Waals surface area (Å²) >= 11 is 4.94. The fourth-order valence-corrected chi connectivity index (χ4v) is 3.89. The zero-order chi connectivity index (χ0) is 15.5. The molecule has 0 aliphatic carbocycles. The van der Waals surface area contributed by atoms with Crippen LogP contribution in [0.25, 0.3) is 0 Å². The fourth-order valence-electron chi connectivity index (χ4n) is 2.11. The smallest absolute Gasteiger partial charge is 0.243 e. The summed E-state index contributed by atoms with van der Waals surface area (Å²) in [4.78, 5) is 11.1.